The Morgan fingerprint density at radius 1 is 1.29 bits per heavy atom. The molecule has 0 bridgehead atoms. The third-order valence-electron chi connectivity index (χ3n) is 3.73. The van der Waals surface area contributed by atoms with Gasteiger partial charge in [-0.3, -0.25) is 9.10 Å². The second-order valence-corrected chi connectivity index (χ2v) is 8.21. The van der Waals surface area contributed by atoms with Crippen LogP contribution in [-0.4, -0.2) is 27.9 Å². The summed E-state index contributed by atoms with van der Waals surface area (Å²) in [6.07, 6.45) is 1.54. The number of hydrogen-bond donors (Lipinski definition) is 1. The Morgan fingerprint density at radius 3 is 2.62 bits per heavy atom. The van der Waals surface area contributed by atoms with E-state index in [4.69, 9.17) is 0 Å². The predicted molar refractivity (Wildman–Crippen MR) is 98.4 cm³/mol. The van der Waals surface area contributed by atoms with Crippen LogP contribution in [0.1, 0.15) is 20.8 Å². The van der Waals surface area contributed by atoms with Crippen LogP contribution in [0.4, 0.5) is 5.69 Å². The maximum atomic E-state index is 12.9. The van der Waals surface area contributed by atoms with E-state index in [1.807, 2.05) is 26.0 Å². The first-order valence-electron chi connectivity index (χ1n) is 7.31. The number of thiophene rings is 1. The fourth-order valence-electron chi connectivity index (χ4n) is 2.12. The SMILES string of the molecule is C=CCNC(=O)c1sccc1S(=O)(=O)N(C)c1ccc(C)c(C)c1. The molecular formula is C17H20N2O3S2. The van der Waals surface area contributed by atoms with Gasteiger partial charge in [0.25, 0.3) is 15.9 Å². The fraction of sp³-hybridized carbons (Fsp3) is 0.235. The topological polar surface area (TPSA) is 66.5 Å². The minimum atomic E-state index is -3.82. The largest absolute Gasteiger partial charge is 0.348 e. The molecule has 0 aliphatic carbocycles. The minimum absolute atomic E-state index is 0.00907. The molecule has 0 unspecified atom stereocenters. The van der Waals surface area contributed by atoms with Crippen LogP contribution < -0.4 is 9.62 Å². The maximum absolute atomic E-state index is 12.9. The zero-order chi connectivity index (χ0) is 17.9. The lowest BCUT2D eigenvalue weighted by molar-refractivity contribution is 0.0959. The van der Waals surface area contributed by atoms with Gasteiger partial charge in [-0.25, -0.2) is 8.42 Å². The van der Waals surface area contributed by atoms with Gasteiger partial charge in [0.05, 0.1) is 5.69 Å². The lowest BCUT2D eigenvalue weighted by Gasteiger charge is -2.20. The zero-order valence-electron chi connectivity index (χ0n) is 13.9. The number of aryl methyl sites for hydroxylation is 2. The Bertz CT molecular complexity index is 870. The van der Waals surface area contributed by atoms with Crippen LogP contribution >= 0.6 is 11.3 Å². The zero-order valence-corrected chi connectivity index (χ0v) is 15.5. The summed E-state index contributed by atoms with van der Waals surface area (Å²) in [5.74, 6) is -0.419. The minimum Gasteiger partial charge on any atom is -0.348 e. The first-order chi connectivity index (χ1) is 11.3. The number of carbonyl (C=O) groups is 1. The highest BCUT2D eigenvalue weighted by atomic mass is 32.2. The second kappa shape index (κ2) is 7.19. The summed E-state index contributed by atoms with van der Waals surface area (Å²) in [4.78, 5) is 12.3. The van der Waals surface area contributed by atoms with Gasteiger partial charge in [-0.2, -0.15) is 0 Å². The van der Waals surface area contributed by atoms with Crippen molar-refractivity contribution in [2.75, 3.05) is 17.9 Å². The highest BCUT2D eigenvalue weighted by Crippen LogP contribution is 2.28. The summed E-state index contributed by atoms with van der Waals surface area (Å²) in [5, 5.41) is 4.21. The predicted octanol–water partition coefficient (Wildman–Crippen LogP) is 3.11. The molecule has 1 heterocycles. The number of anilines is 1. The smallest absolute Gasteiger partial charge is 0.265 e. The molecule has 7 heteroatoms. The molecule has 1 N–H and O–H groups in total. The van der Waals surface area contributed by atoms with Gasteiger partial charge in [-0.05, 0) is 48.6 Å². The normalized spacial score (nSPS) is 11.1. The first-order valence-corrected chi connectivity index (χ1v) is 9.63. The molecule has 0 aliphatic heterocycles. The van der Waals surface area contributed by atoms with Crippen molar-refractivity contribution < 1.29 is 13.2 Å². The van der Waals surface area contributed by atoms with Gasteiger partial charge in [0, 0.05) is 13.6 Å². The van der Waals surface area contributed by atoms with Gasteiger partial charge in [-0.15, -0.1) is 17.9 Å². The molecule has 2 rings (SSSR count). The molecule has 2 aromatic rings. The molecule has 1 amide bonds. The number of hydrogen-bond acceptors (Lipinski definition) is 4. The molecule has 128 valence electrons. The van der Waals surface area contributed by atoms with Crippen LogP contribution in [0, 0.1) is 13.8 Å². The van der Waals surface area contributed by atoms with Crippen LogP contribution in [0.15, 0.2) is 47.2 Å². The van der Waals surface area contributed by atoms with Crippen molar-refractivity contribution in [1.29, 1.82) is 0 Å². The molecule has 0 spiro atoms. The summed E-state index contributed by atoms with van der Waals surface area (Å²) in [5.41, 5.74) is 2.65. The quantitative estimate of drug-likeness (QED) is 0.801. The Balaban J connectivity index is 2.40. The maximum Gasteiger partial charge on any atom is 0.265 e. The Kier molecular flexibility index (Phi) is 5.46. The van der Waals surface area contributed by atoms with Crippen LogP contribution in [0.5, 0.6) is 0 Å². The Labute approximate surface area is 146 Å². The molecule has 24 heavy (non-hydrogen) atoms. The Morgan fingerprint density at radius 2 is 2.00 bits per heavy atom. The number of nitrogens with zero attached hydrogens (tertiary/aromatic N) is 1. The van der Waals surface area contributed by atoms with E-state index in [9.17, 15) is 13.2 Å². The van der Waals surface area contributed by atoms with Crippen molar-refractivity contribution >= 4 is 33.0 Å². The summed E-state index contributed by atoms with van der Waals surface area (Å²) < 4.78 is 27.0. The molecule has 0 saturated carbocycles. The van der Waals surface area contributed by atoms with Crippen LogP contribution in [0.2, 0.25) is 0 Å². The summed E-state index contributed by atoms with van der Waals surface area (Å²) in [6, 6.07) is 6.91. The van der Waals surface area contributed by atoms with Crippen molar-refractivity contribution in [2.45, 2.75) is 18.7 Å². The van der Waals surface area contributed by atoms with E-state index < -0.39 is 15.9 Å². The Hall–Kier alpha value is -2.12. The van der Waals surface area contributed by atoms with Gasteiger partial charge in [0.15, 0.2) is 0 Å². The lowest BCUT2D eigenvalue weighted by Crippen LogP contribution is -2.29. The van der Waals surface area contributed by atoms with Crippen molar-refractivity contribution in [2.24, 2.45) is 0 Å². The monoisotopic (exact) mass is 364 g/mol. The van der Waals surface area contributed by atoms with Gasteiger partial charge < -0.3 is 5.32 Å². The average molecular weight is 364 g/mol. The van der Waals surface area contributed by atoms with Crippen LogP contribution in [0.25, 0.3) is 0 Å². The number of carbonyl (C=O) groups excluding carboxylic acids is 1. The van der Waals surface area contributed by atoms with Gasteiger partial charge in [0.2, 0.25) is 0 Å². The molecule has 1 aromatic carbocycles. The number of nitrogens with one attached hydrogen (secondary N) is 1. The van der Waals surface area contributed by atoms with Gasteiger partial charge in [0.1, 0.15) is 9.77 Å². The molecule has 5 nitrogen and oxygen atoms in total. The summed E-state index contributed by atoms with van der Waals surface area (Å²) >= 11 is 1.10. The number of amides is 1. The number of benzene rings is 1. The molecule has 0 atom stereocenters. The van der Waals surface area contributed by atoms with Crippen molar-refractivity contribution in [3.63, 3.8) is 0 Å². The van der Waals surface area contributed by atoms with Gasteiger partial charge in [-0.1, -0.05) is 12.1 Å². The van der Waals surface area contributed by atoms with E-state index in [-0.39, 0.29) is 16.3 Å². The van der Waals surface area contributed by atoms with Crippen molar-refractivity contribution in [3.05, 3.63) is 58.3 Å². The van der Waals surface area contributed by atoms with E-state index in [1.54, 1.807) is 17.5 Å². The van der Waals surface area contributed by atoms with E-state index in [0.717, 1.165) is 22.5 Å². The number of rotatable bonds is 6. The van der Waals surface area contributed by atoms with Crippen LogP contribution in [-0.2, 0) is 10.0 Å². The molecule has 0 saturated heterocycles. The third kappa shape index (κ3) is 3.52. The average Bonchev–Trinajstić information content (AvgIpc) is 3.05. The summed E-state index contributed by atoms with van der Waals surface area (Å²) in [6.45, 7) is 7.71. The summed E-state index contributed by atoms with van der Waals surface area (Å²) in [7, 11) is -2.33. The van der Waals surface area contributed by atoms with Crippen molar-refractivity contribution in [3.8, 4) is 0 Å². The molecule has 0 aliphatic rings. The van der Waals surface area contributed by atoms with E-state index in [2.05, 4.69) is 11.9 Å². The van der Waals surface area contributed by atoms with Crippen molar-refractivity contribution in [1.82, 2.24) is 5.32 Å². The lowest BCUT2D eigenvalue weighted by atomic mass is 10.1. The second-order valence-electron chi connectivity index (χ2n) is 5.35. The number of sulfonamides is 1. The van der Waals surface area contributed by atoms with Crippen LogP contribution in [0.3, 0.4) is 0 Å². The van der Waals surface area contributed by atoms with E-state index >= 15 is 0 Å². The molecule has 1 aromatic heterocycles. The molecular weight excluding hydrogens is 344 g/mol. The molecule has 0 fully saturated rings. The molecule has 0 radical (unpaired) electrons. The third-order valence-corrected chi connectivity index (χ3v) is 6.61. The van der Waals surface area contributed by atoms with E-state index in [0.29, 0.717) is 5.69 Å². The highest BCUT2D eigenvalue weighted by molar-refractivity contribution is 7.93. The highest BCUT2D eigenvalue weighted by Gasteiger charge is 2.28. The van der Waals surface area contributed by atoms with Gasteiger partial charge >= 0.3 is 0 Å². The standard InChI is InChI=1S/C17H20N2O3S2/c1-5-9-18-17(20)16-15(8-10-23-16)24(21,22)19(4)14-7-6-12(2)13(3)11-14/h5-8,10-11H,1,9H2,2-4H3,(H,18,20). The first kappa shape index (κ1) is 18.2. The fourth-order valence-corrected chi connectivity index (χ4v) is 4.62. The van der Waals surface area contributed by atoms with E-state index in [1.165, 1.54) is 17.4 Å².